The zero-order valence-corrected chi connectivity index (χ0v) is 20.2. The SMILES string of the molecule is C=CCOc1ccc(C[C@H](NC(=O)c2cc(Br)ccc2OCCCCC)C(=O)O)cc1Cl. The maximum atomic E-state index is 12.9. The Morgan fingerprint density at radius 1 is 1.19 bits per heavy atom. The minimum Gasteiger partial charge on any atom is -0.493 e. The summed E-state index contributed by atoms with van der Waals surface area (Å²) >= 11 is 9.58. The van der Waals surface area contributed by atoms with Crippen molar-refractivity contribution >= 4 is 39.4 Å². The molecule has 0 aliphatic rings. The molecule has 32 heavy (non-hydrogen) atoms. The minimum absolute atomic E-state index is 0.0588. The van der Waals surface area contributed by atoms with Crippen LogP contribution in [0.4, 0.5) is 0 Å². The number of unbranched alkanes of at least 4 members (excludes halogenated alkanes) is 2. The summed E-state index contributed by atoms with van der Waals surface area (Å²) < 4.78 is 11.9. The second-order valence-electron chi connectivity index (χ2n) is 7.13. The molecule has 172 valence electrons. The van der Waals surface area contributed by atoms with Crippen molar-refractivity contribution in [3.63, 3.8) is 0 Å². The van der Waals surface area contributed by atoms with Crippen LogP contribution in [0.5, 0.6) is 11.5 Å². The van der Waals surface area contributed by atoms with Crippen molar-refractivity contribution in [2.75, 3.05) is 13.2 Å². The van der Waals surface area contributed by atoms with Gasteiger partial charge < -0.3 is 19.9 Å². The molecular weight excluding hydrogens is 498 g/mol. The summed E-state index contributed by atoms with van der Waals surface area (Å²) in [5.74, 6) is -0.786. The number of aliphatic carboxylic acids is 1. The first-order valence-corrected chi connectivity index (χ1v) is 11.5. The fourth-order valence-corrected chi connectivity index (χ4v) is 3.57. The van der Waals surface area contributed by atoms with Crippen LogP contribution in [-0.4, -0.2) is 36.2 Å². The Hall–Kier alpha value is -2.51. The highest BCUT2D eigenvalue weighted by Gasteiger charge is 2.23. The van der Waals surface area contributed by atoms with Gasteiger partial charge >= 0.3 is 5.97 Å². The number of rotatable bonds is 13. The van der Waals surface area contributed by atoms with E-state index in [2.05, 4.69) is 34.7 Å². The maximum absolute atomic E-state index is 12.9. The number of carboxylic acid groups (broad SMARTS) is 1. The molecule has 0 spiro atoms. The van der Waals surface area contributed by atoms with Crippen LogP contribution < -0.4 is 14.8 Å². The summed E-state index contributed by atoms with van der Waals surface area (Å²) in [7, 11) is 0. The quantitative estimate of drug-likeness (QED) is 0.261. The van der Waals surface area contributed by atoms with Crippen molar-refractivity contribution in [3.8, 4) is 11.5 Å². The smallest absolute Gasteiger partial charge is 0.326 e. The van der Waals surface area contributed by atoms with Gasteiger partial charge in [0.25, 0.3) is 5.91 Å². The number of halogens is 2. The van der Waals surface area contributed by atoms with Crippen LogP contribution in [0.3, 0.4) is 0 Å². The molecule has 0 aliphatic carbocycles. The number of benzene rings is 2. The Labute approximate surface area is 201 Å². The van der Waals surface area contributed by atoms with Crippen LogP contribution in [0.25, 0.3) is 0 Å². The van der Waals surface area contributed by atoms with Gasteiger partial charge in [0.2, 0.25) is 0 Å². The molecule has 0 aliphatic heterocycles. The topological polar surface area (TPSA) is 84.9 Å². The molecule has 0 radical (unpaired) electrons. The van der Waals surface area contributed by atoms with E-state index in [0.717, 1.165) is 19.3 Å². The van der Waals surface area contributed by atoms with Gasteiger partial charge in [0.1, 0.15) is 24.1 Å². The van der Waals surface area contributed by atoms with Crippen LogP contribution in [0.15, 0.2) is 53.5 Å². The molecule has 0 saturated carbocycles. The van der Waals surface area contributed by atoms with E-state index < -0.39 is 17.9 Å². The molecule has 0 saturated heterocycles. The molecule has 0 bridgehead atoms. The minimum atomic E-state index is -1.15. The van der Waals surface area contributed by atoms with Crippen molar-refractivity contribution in [2.45, 2.75) is 38.6 Å². The van der Waals surface area contributed by atoms with Gasteiger partial charge in [-0.25, -0.2) is 4.79 Å². The van der Waals surface area contributed by atoms with Gasteiger partial charge in [-0.05, 0) is 42.3 Å². The Morgan fingerprint density at radius 3 is 2.59 bits per heavy atom. The molecule has 0 fully saturated rings. The molecule has 1 amide bonds. The Kier molecular flexibility index (Phi) is 10.6. The standard InChI is InChI=1S/C24H27BrClNO5/c1-3-5-6-12-32-21-10-8-17(25)15-18(21)23(28)27-20(24(29)30)14-16-7-9-22(19(26)13-16)31-11-4-2/h4,7-10,13,15,20H,2-3,5-6,11-12,14H2,1H3,(H,27,28)(H,29,30)/t20-/m0/s1. The molecule has 2 aromatic carbocycles. The summed E-state index contributed by atoms with van der Waals surface area (Å²) in [6, 6.07) is 8.95. The highest BCUT2D eigenvalue weighted by molar-refractivity contribution is 9.10. The summed E-state index contributed by atoms with van der Waals surface area (Å²) in [4.78, 5) is 24.8. The third-order valence-electron chi connectivity index (χ3n) is 4.59. The van der Waals surface area contributed by atoms with E-state index in [1.807, 2.05) is 0 Å². The van der Waals surface area contributed by atoms with Crippen LogP contribution in [-0.2, 0) is 11.2 Å². The molecule has 6 nitrogen and oxygen atoms in total. The third kappa shape index (κ3) is 7.88. The number of hydrogen-bond donors (Lipinski definition) is 2. The van der Waals surface area contributed by atoms with Crippen LogP contribution in [0.1, 0.15) is 42.1 Å². The fraction of sp³-hybridized carbons (Fsp3) is 0.333. The van der Waals surface area contributed by atoms with Gasteiger partial charge in [0.15, 0.2) is 0 Å². The van der Waals surface area contributed by atoms with E-state index in [1.165, 1.54) is 0 Å². The fourth-order valence-electron chi connectivity index (χ4n) is 2.95. The molecule has 8 heteroatoms. The van der Waals surface area contributed by atoms with E-state index in [0.29, 0.717) is 39.8 Å². The molecule has 2 N–H and O–H groups in total. The number of carboxylic acids is 1. The lowest BCUT2D eigenvalue weighted by atomic mass is 10.0. The summed E-state index contributed by atoms with van der Waals surface area (Å²) in [5.41, 5.74) is 0.923. The molecule has 0 heterocycles. The Balaban J connectivity index is 2.13. The summed E-state index contributed by atoms with van der Waals surface area (Å²) in [6.45, 7) is 6.47. The molecule has 0 unspecified atom stereocenters. The van der Waals surface area contributed by atoms with Crippen molar-refractivity contribution in [1.29, 1.82) is 0 Å². The lowest BCUT2D eigenvalue weighted by Crippen LogP contribution is -2.42. The van der Waals surface area contributed by atoms with E-state index in [9.17, 15) is 14.7 Å². The first kappa shape index (κ1) is 25.7. The number of amides is 1. The lowest BCUT2D eigenvalue weighted by Gasteiger charge is -2.17. The zero-order valence-electron chi connectivity index (χ0n) is 17.9. The number of carbonyl (C=O) groups excluding carboxylic acids is 1. The van der Waals surface area contributed by atoms with Gasteiger partial charge in [0.05, 0.1) is 17.2 Å². The third-order valence-corrected chi connectivity index (χ3v) is 5.38. The average molecular weight is 525 g/mol. The van der Waals surface area contributed by atoms with E-state index in [-0.39, 0.29) is 12.0 Å². The molecule has 0 aromatic heterocycles. The number of ether oxygens (including phenoxy) is 2. The maximum Gasteiger partial charge on any atom is 0.326 e. The lowest BCUT2D eigenvalue weighted by molar-refractivity contribution is -0.139. The van der Waals surface area contributed by atoms with Crippen LogP contribution >= 0.6 is 27.5 Å². The summed E-state index contributed by atoms with van der Waals surface area (Å²) in [6.07, 6.45) is 4.62. The van der Waals surface area contributed by atoms with Crippen molar-refractivity contribution in [3.05, 3.63) is 69.7 Å². The molecule has 2 aromatic rings. The number of nitrogens with one attached hydrogen (secondary N) is 1. The van der Waals surface area contributed by atoms with Gasteiger partial charge in [0, 0.05) is 10.9 Å². The van der Waals surface area contributed by atoms with Gasteiger partial charge in [-0.1, -0.05) is 66.0 Å². The molecular formula is C24H27BrClNO5. The average Bonchev–Trinajstić information content (AvgIpc) is 2.76. The predicted octanol–water partition coefficient (Wildman–Crippen LogP) is 5.66. The van der Waals surface area contributed by atoms with Gasteiger partial charge in [-0.3, -0.25) is 4.79 Å². The number of hydrogen-bond acceptors (Lipinski definition) is 4. The van der Waals surface area contributed by atoms with Crippen molar-refractivity contribution < 1.29 is 24.2 Å². The summed E-state index contributed by atoms with van der Waals surface area (Å²) in [5, 5.41) is 12.6. The number of carbonyl (C=O) groups is 2. The monoisotopic (exact) mass is 523 g/mol. The second-order valence-corrected chi connectivity index (χ2v) is 8.45. The first-order chi connectivity index (χ1) is 15.3. The highest BCUT2D eigenvalue weighted by atomic mass is 79.9. The Morgan fingerprint density at radius 2 is 1.94 bits per heavy atom. The van der Waals surface area contributed by atoms with Crippen molar-refractivity contribution in [1.82, 2.24) is 5.32 Å². The molecule has 2 rings (SSSR count). The first-order valence-electron chi connectivity index (χ1n) is 10.3. The molecule has 1 atom stereocenters. The Bertz CT molecular complexity index is 950. The second kappa shape index (κ2) is 13.1. The van der Waals surface area contributed by atoms with Gasteiger partial charge in [-0.2, -0.15) is 0 Å². The predicted molar refractivity (Wildman–Crippen MR) is 129 cm³/mol. The van der Waals surface area contributed by atoms with Gasteiger partial charge in [-0.15, -0.1) is 0 Å². The largest absolute Gasteiger partial charge is 0.493 e. The van der Waals surface area contributed by atoms with Crippen LogP contribution in [0, 0.1) is 0 Å². The highest BCUT2D eigenvalue weighted by Crippen LogP contribution is 2.27. The van der Waals surface area contributed by atoms with Crippen LogP contribution in [0.2, 0.25) is 5.02 Å². The zero-order chi connectivity index (χ0) is 23.5. The van der Waals surface area contributed by atoms with E-state index >= 15 is 0 Å². The van der Waals surface area contributed by atoms with E-state index in [4.69, 9.17) is 21.1 Å². The van der Waals surface area contributed by atoms with E-state index in [1.54, 1.807) is 42.5 Å². The van der Waals surface area contributed by atoms with Crippen molar-refractivity contribution in [2.24, 2.45) is 0 Å². The normalized spacial score (nSPS) is 11.5.